The average molecular weight is 360 g/mol. The van der Waals surface area contributed by atoms with Gasteiger partial charge in [-0.25, -0.2) is 9.48 Å². The number of nitrogens with zero attached hydrogens (tertiary/aromatic N) is 4. The second-order valence-corrected chi connectivity index (χ2v) is 8.89. The van der Waals surface area contributed by atoms with Gasteiger partial charge in [-0.05, 0) is 37.8 Å². The monoisotopic (exact) mass is 360 g/mol. The highest BCUT2D eigenvalue weighted by Crippen LogP contribution is 2.33. The van der Waals surface area contributed by atoms with Gasteiger partial charge in [0.2, 0.25) is 0 Å². The Kier molecular flexibility index (Phi) is 4.06. The molecule has 0 aromatic carbocycles. The van der Waals surface area contributed by atoms with Crippen LogP contribution >= 0.6 is 11.3 Å². The Balaban J connectivity index is 1.64. The van der Waals surface area contributed by atoms with Gasteiger partial charge in [0.05, 0.1) is 10.9 Å². The SMILES string of the molecule is Cc1ccc(C(=O)N2C3CCC2Cn2c(nn(CC(C)C)c2=O)C3)s1. The van der Waals surface area contributed by atoms with E-state index in [-0.39, 0.29) is 23.7 Å². The molecule has 4 rings (SSSR count). The number of thiophene rings is 1. The summed E-state index contributed by atoms with van der Waals surface area (Å²) >= 11 is 1.55. The van der Waals surface area contributed by atoms with Gasteiger partial charge in [-0.15, -0.1) is 11.3 Å². The summed E-state index contributed by atoms with van der Waals surface area (Å²) in [7, 11) is 0. The Morgan fingerprint density at radius 2 is 2.08 bits per heavy atom. The molecule has 2 unspecified atom stereocenters. The molecule has 1 fully saturated rings. The predicted octanol–water partition coefficient (Wildman–Crippen LogP) is 2.30. The number of hydrogen-bond acceptors (Lipinski definition) is 4. The summed E-state index contributed by atoms with van der Waals surface area (Å²) in [6, 6.07) is 4.15. The highest BCUT2D eigenvalue weighted by Gasteiger charge is 2.41. The largest absolute Gasteiger partial charge is 0.345 e. The second kappa shape index (κ2) is 6.12. The lowest BCUT2D eigenvalue weighted by Crippen LogP contribution is -2.42. The summed E-state index contributed by atoms with van der Waals surface area (Å²) in [4.78, 5) is 29.7. The molecule has 2 aliphatic rings. The first-order valence-electron chi connectivity index (χ1n) is 8.99. The number of amides is 1. The van der Waals surface area contributed by atoms with Gasteiger partial charge in [-0.3, -0.25) is 9.36 Å². The molecule has 1 amide bonds. The van der Waals surface area contributed by atoms with E-state index in [1.807, 2.05) is 24.0 Å². The van der Waals surface area contributed by atoms with Crippen molar-refractivity contribution < 1.29 is 4.79 Å². The van der Waals surface area contributed by atoms with Crippen molar-refractivity contribution in [3.8, 4) is 0 Å². The zero-order valence-electron chi connectivity index (χ0n) is 14.9. The lowest BCUT2D eigenvalue weighted by molar-refractivity contribution is 0.0670. The molecule has 0 radical (unpaired) electrons. The van der Waals surface area contributed by atoms with Crippen LogP contribution in [0.4, 0.5) is 0 Å². The van der Waals surface area contributed by atoms with E-state index in [2.05, 4.69) is 18.9 Å². The van der Waals surface area contributed by atoms with Crippen molar-refractivity contribution in [3.05, 3.63) is 38.2 Å². The van der Waals surface area contributed by atoms with Crippen molar-refractivity contribution in [2.45, 2.75) is 65.2 Å². The van der Waals surface area contributed by atoms with Gasteiger partial charge < -0.3 is 4.90 Å². The number of aryl methyl sites for hydroxylation is 1. The van der Waals surface area contributed by atoms with Crippen LogP contribution in [0.5, 0.6) is 0 Å². The maximum Gasteiger partial charge on any atom is 0.345 e. The zero-order valence-corrected chi connectivity index (χ0v) is 15.8. The molecule has 0 spiro atoms. The number of fused-ring (bicyclic) bond motifs is 3. The molecule has 4 heterocycles. The van der Waals surface area contributed by atoms with Crippen LogP contribution in [-0.4, -0.2) is 37.2 Å². The van der Waals surface area contributed by atoms with E-state index in [9.17, 15) is 9.59 Å². The Hall–Kier alpha value is -1.89. The van der Waals surface area contributed by atoms with E-state index in [0.717, 1.165) is 28.4 Å². The Morgan fingerprint density at radius 3 is 2.76 bits per heavy atom. The zero-order chi connectivity index (χ0) is 17.7. The first kappa shape index (κ1) is 16.6. The fourth-order valence-corrected chi connectivity index (χ4v) is 4.87. The summed E-state index contributed by atoms with van der Waals surface area (Å²) < 4.78 is 3.39. The van der Waals surface area contributed by atoms with Crippen LogP contribution in [0.2, 0.25) is 0 Å². The quantitative estimate of drug-likeness (QED) is 0.844. The lowest BCUT2D eigenvalue weighted by atomic mass is 10.1. The van der Waals surface area contributed by atoms with Gasteiger partial charge in [0.15, 0.2) is 0 Å². The summed E-state index contributed by atoms with van der Waals surface area (Å²) in [5.74, 6) is 1.32. The fraction of sp³-hybridized carbons (Fsp3) is 0.611. The second-order valence-electron chi connectivity index (χ2n) is 7.60. The highest BCUT2D eigenvalue weighted by atomic mass is 32.1. The Bertz CT molecular complexity index is 863. The molecular weight excluding hydrogens is 336 g/mol. The van der Waals surface area contributed by atoms with E-state index in [1.165, 1.54) is 0 Å². The minimum absolute atomic E-state index is 0.0318. The standard InChI is InChI=1S/C18H24N4O2S/c1-11(2)9-21-18(24)20-10-14-6-5-13(8-16(20)19-21)22(14)17(23)15-7-4-12(3)25-15/h4,7,11,13-14H,5-6,8-10H2,1-3H3. The molecule has 2 bridgehead atoms. The predicted molar refractivity (Wildman–Crippen MR) is 97.1 cm³/mol. The van der Waals surface area contributed by atoms with Gasteiger partial charge in [0, 0.05) is 30.4 Å². The molecule has 0 N–H and O–H groups in total. The highest BCUT2D eigenvalue weighted by molar-refractivity contribution is 7.13. The fourth-order valence-electron chi connectivity index (χ4n) is 4.06. The van der Waals surface area contributed by atoms with Crippen LogP contribution in [0.25, 0.3) is 0 Å². The minimum atomic E-state index is -0.0318. The number of carbonyl (C=O) groups is 1. The molecule has 7 heteroatoms. The molecule has 0 aliphatic carbocycles. The van der Waals surface area contributed by atoms with Crippen LogP contribution in [0.3, 0.4) is 0 Å². The van der Waals surface area contributed by atoms with E-state index in [1.54, 1.807) is 20.6 Å². The third-order valence-electron chi connectivity index (χ3n) is 5.15. The molecule has 2 aromatic rings. The van der Waals surface area contributed by atoms with Gasteiger partial charge in [-0.2, -0.15) is 5.10 Å². The molecule has 134 valence electrons. The average Bonchev–Trinajstić information content (AvgIpc) is 3.17. The Morgan fingerprint density at radius 1 is 1.32 bits per heavy atom. The lowest BCUT2D eigenvalue weighted by Gasteiger charge is -2.27. The molecular formula is C18H24N4O2S. The van der Waals surface area contributed by atoms with Crippen molar-refractivity contribution in [2.75, 3.05) is 0 Å². The van der Waals surface area contributed by atoms with Gasteiger partial charge in [-0.1, -0.05) is 13.8 Å². The van der Waals surface area contributed by atoms with E-state index >= 15 is 0 Å². The van der Waals surface area contributed by atoms with Crippen molar-refractivity contribution in [1.82, 2.24) is 19.2 Å². The van der Waals surface area contributed by atoms with Crippen LogP contribution < -0.4 is 5.69 Å². The summed E-state index contributed by atoms with van der Waals surface area (Å²) in [6.45, 7) is 7.41. The third kappa shape index (κ3) is 2.84. The smallest absolute Gasteiger partial charge is 0.330 e. The minimum Gasteiger partial charge on any atom is -0.330 e. The van der Waals surface area contributed by atoms with E-state index in [4.69, 9.17) is 0 Å². The van der Waals surface area contributed by atoms with Crippen molar-refractivity contribution in [2.24, 2.45) is 5.92 Å². The molecule has 6 nitrogen and oxygen atoms in total. The van der Waals surface area contributed by atoms with Gasteiger partial charge in [0.1, 0.15) is 5.82 Å². The maximum atomic E-state index is 13.0. The van der Waals surface area contributed by atoms with Crippen molar-refractivity contribution >= 4 is 17.2 Å². The maximum absolute atomic E-state index is 13.0. The van der Waals surface area contributed by atoms with E-state index < -0.39 is 0 Å². The van der Waals surface area contributed by atoms with Crippen LogP contribution in [0.1, 0.15) is 47.1 Å². The van der Waals surface area contributed by atoms with E-state index in [0.29, 0.717) is 25.4 Å². The van der Waals surface area contributed by atoms with Gasteiger partial charge >= 0.3 is 5.69 Å². The number of rotatable bonds is 3. The summed E-state index contributed by atoms with van der Waals surface area (Å²) in [5, 5.41) is 4.57. The van der Waals surface area contributed by atoms with Crippen molar-refractivity contribution in [3.63, 3.8) is 0 Å². The molecule has 2 atom stereocenters. The van der Waals surface area contributed by atoms with Gasteiger partial charge in [0.25, 0.3) is 5.91 Å². The molecule has 2 aliphatic heterocycles. The molecule has 0 saturated carbocycles. The number of aromatic nitrogens is 3. The van der Waals surface area contributed by atoms with Crippen LogP contribution in [-0.2, 0) is 19.5 Å². The molecule has 1 saturated heterocycles. The number of hydrogen-bond donors (Lipinski definition) is 0. The topological polar surface area (TPSA) is 60.1 Å². The summed E-state index contributed by atoms with van der Waals surface area (Å²) in [6.07, 6.45) is 2.63. The third-order valence-corrected chi connectivity index (χ3v) is 6.14. The van der Waals surface area contributed by atoms with Crippen molar-refractivity contribution in [1.29, 1.82) is 0 Å². The first-order valence-corrected chi connectivity index (χ1v) is 9.81. The molecule has 25 heavy (non-hydrogen) atoms. The Labute approximate surface area is 151 Å². The molecule has 2 aromatic heterocycles. The van der Waals surface area contributed by atoms with Crippen LogP contribution in [0, 0.1) is 12.8 Å². The normalized spacial score (nSPS) is 22.3. The number of carbonyl (C=O) groups excluding carboxylic acids is 1. The first-order chi connectivity index (χ1) is 11.9. The summed E-state index contributed by atoms with van der Waals surface area (Å²) in [5.41, 5.74) is -0.0318. The van der Waals surface area contributed by atoms with Crippen LogP contribution in [0.15, 0.2) is 16.9 Å².